The Morgan fingerprint density at radius 2 is 2.33 bits per heavy atom. The van der Waals surface area contributed by atoms with Crippen LogP contribution in [0, 0.1) is 0 Å². The van der Waals surface area contributed by atoms with E-state index in [1.54, 1.807) is 17.5 Å². The van der Waals surface area contributed by atoms with Crippen LogP contribution in [0.5, 0.6) is 0 Å². The lowest BCUT2D eigenvalue weighted by Crippen LogP contribution is -1.69. The predicted octanol–water partition coefficient (Wildman–Crippen LogP) is 2.64. The van der Waals surface area contributed by atoms with Crippen LogP contribution >= 0.6 is 11.3 Å². The molecule has 0 aliphatic heterocycles. The SMILES string of the molecule is C(=C/c1cccs1)/c1ccn[nH]1. The second kappa shape index (κ2) is 3.36. The summed E-state index contributed by atoms with van der Waals surface area (Å²) in [5.74, 6) is 0. The maximum Gasteiger partial charge on any atom is 0.0578 e. The van der Waals surface area contributed by atoms with Crippen molar-refractivity contribution in [1.82, 2.24) is 10.2 Å². The highest BCUT2D eigenvalue weighted by atomic mass is 32.1. The molecule has 0 bridgehead atoms. The molecule has 0 aromatic carbocycles. The topological polar surface area (TPSA) is 28.7 Å². The van der Waals surface area contributed by atoms with Crippen LogP contribution in [0.2, 0.25) is 0 Å². The summed E-state index contributed by atoms with van der Waals surface area (Å²) in [6.45, 7) is 0. The third-order valence-electron chi connectivity index (χ3n) is 1.49. The zero-order valence-electron chi connectivity index (χ0n) is 6.40. The number of thiophene rings is 1. The Labute approximate surface area is 74.6 Å². The molecule has 0 amide bonds. The first-order valence-electron chi connectivity index (χ1n) is 3.66. The molecule has 0 fully saturated rings. The number of nitrogens with zero attached hydrogens (tertiary/aromatic N) is 1. The Morgan fingerprint density at radius 3 is 3.00 bits per heavy atom. The second-order valence-corrected chi connectivity index (χ2v) is 3.34. The van der Waals surface area contributed by atoms with Crippen molar-refractivity contribution in [2.75, 3.05) is 0 Å². The Bertz CT molecular complexity index is 310. The third-order valence-corrected chi connectivity index (χ3v) is 2.33. The fourth-order valence-electron chi connectivity index (χ4n) is 0.917. The number of H-pyrrole nitrogens is 1. The molecule has 3 heteroatoms. The highest BCUT2D eigenvalue weighted by molar-refractivity contribution is 7.10. The molecule has 0 atom stereocenters. The van der Waals surface area contributed by atoms with E-state index in [2.05, 4.69) is 27.7 Å². The van der Waals surface area contributed by atoms with Gasteiger partial charge in [0.25, 0.3) is 0 Å². The Hall–Kier alpha value is -1.35. The van der Waals surface area contributed by atoms with Gasteiger partial charge in [0.05, 0.1) is 5.69 Å². The zero-order chi connectivity index (χ0) is 8.23. The van der Waals surface area contributed by atoms with Crippen LogP contribution in [0.25, 0.3) is 12.2 Å². The van der Waals surface area contributed by atoms with E-state index in [1.807, 2.05) is 18.2 Å². The average molecular weight is 176 g/mol. The molecule has 0 aliphatic rings. The molecule has 2 aromatic rings. The average Bonchev–Trinajstić information content (AvgIpc) is 2.74. The number of nitrogens with one attached hydrogen (secondary N) is 1. The van der Waals surface area contributed by atoms with Gasteiger partial charge in [-0.15, -0.1) is 11.3 Å². The van der Waals surface area contributed by atoms with Gasteiger partial charge in [0.1, 0.15) is 0 Å². The molecule has 0 unspecified atom stereocenters. The van der Waals surface area contributed by atoms with Crippen LogP contribution in [0.15, 0.2) is 29.8 Å². The minimum absolute atomic E-state index is 1.03. The quantitative estimate of drug-likeness (QED) is 0.748. The highest BCUT2D eigenvalue weighted by Gasteiger charge is 1.87. The molecule has 2 aromatic heterocycles. The molecule has 2 heterocycles. The van der Waals surface area contributed by atoms with E-state index in [1.165, 1.54) is 4.88 Å². The molecule has 0 spiro atoms. The molecular formula is C9H8N2S. The normalized spacial score (nSPS) is 11.0. The molecule has 2 rings (SSSR count). The molecule has 2 nitrogen and oxygen atoms in total. The van der Waals surface area contributed by atoms with Gasteiger partial charge in [-0.2, -0.15) is 5.10 Å². The summed E-state index contributed by atoms with van der Waals surface area (Å²) in [4.78, 5) is 1.25. The molecule has 1 N–H and O–H groups in total. The summed E-state index contributed by atoms with van der Waals surface area (Å²) < 4.78 is 0. The zero-order valence-corrected chi connectivity index (χ0v) is 7.21. The molecular weight excluding hydrogens is 168 g/mol. The van der Waals surface area contributed by atoms with Crippen LogP contribution < -0.4 is 0 Å². The van der Waals surface area contributed by atoms with Crippen LogP contribution in [0.3, 0.4) is 0 Å². The smallest absolute Gasteiger partial charge is 0.0578 e. The molecule has 0 saturated heterocycles. The van der Waals surface area contributed by atoms with Gasteiger partial charge in [-0.3, -0.25) is 5.10 Å². The van der Waals surface area contributed by atoms with Crippen LogP contribution in [0.4, 0.5) is 0 Å². The van der Waals surface area contributed by atoms with E-state index in [0.717, 1.165) is 5.69 Å². The van der Waals surface area contributed by atoms with Crippen molar-refractivity contribution < 1.29 is 0 Å². The molecule has 0 saturated carbocycles. The van der Waals surface area contributed by atoms with Crippen molar-refractivity contribution in [3.63, 3.8) is 0 Å². The Balaban J connectivity index is 2.14. The van der Waals surface area contributed by atoms with E-state index in [-0.39, 0.29) is 0 Å². The maximum atomic E-state index is 3.85. The summed E-state index contributed by atoms with van der Waals surface area (Å²) >= 11 is 1.72. The summed E-state index contributed by atoms with van der Waals surface area (Å²) in [6.07, 6.45) is 5.82. The fraction of sp³-hybridized carbons (Fsp3) is 0. The van der Waals surface area contributed by atoms with Gasteiger partial charge in [-0.25, -0.2) is 0 Å². The lowest BCUT2D eigenvalue weighted by Gasteiger charge is -1.82. The van der Waals surface area contributed by atoms with Gasteiger partial charge in [-0.1, -0.05) is 6.07 Å². The van der Waals surface area contributed by atoms with Gasteiger partial charge in [0, 0.05) is 11.1 Å². The summed E-state index contributed by atoms with van der Waals surface area (Å²) in [5, 5.41) is 8.78. The maximum absolute atomic E-state index is 3.85. The summed E-state index contributed by atoms with van der Waals surface area (Å²) in [6, 6.07) is 6.05. The summed E-state index contributed by atoms with van der Waals surface area (Å²) in [7, 11) is 0. The molecule has 12 heavy (non-hydrogen) atoms. The number of hydrogen-bond donors (Lipinski definition) is 1. The lowest BCUT2D eigenvalue weighted by atomic mass is 10.3. The van der Waals surface area contributed by atoms with Crippen LogP contribution in [-0.2, 0) is 0 Å². The Kier molecular flexibility index (Phi) is 2.05. The minimum Gasteiger partial charge on any atom is -0.278 e. The van der Waals surface area contributed by atoms with Gasteiger partial charge < -0.3 is 0 Å². The largest absolute Gasteiger partial charge is 0.278 e. The van der Waals surface area contributed by atoms with Crippen LogP contribution in [0.1, 0.15) is 10.6 Å². The van der Waals surface area contributed by atoms with Crippen molar-refractivity contribution in [1.29, 1.82) is 0 Å². The fourth-order valence-corrected chi connectivity index (χ4v) is 1.54. The minimum atomic E-state index is 1.03. The second-order valence-electron chi connectivity index (χ2n) is 2.36. The van der Waals surface area contributed by atoms with Crippen molar-refractivity contribution in [3.8, 4) is 0 Å². The van der Waals surface area contributed by atoms with Gasteiger partial charge in [0.15, 0.2) is 0 Å². The first kappa shape index (κ1) is 7.31. The van der Waals surface area contributed by atoms with Crippen molar-refractivity contribution >= 4 is 23.5 Å². The van der Waals surface area contributed by atoms with E-state index >= 15 is 0 Å². The number of aromatic nitrogens is 2. The van der Waals surface area contributed by atoms with Gasteiger partial charge in [0.2, 0.25) is 0 Å². The number of rotatable bonds is 2. The van der Waals surface area contributed by atoms with E-state index < -0.39 is 0 Å². The van der Waals surface area contributed by atoms with Gasteiger partial charge >= 0.3 is 0 Å². The van der Waals surface area contributed by atoms with Crippen LogP contribution in [-0.4, -0.2) is 10.2 Å². The first-order valence-corrected chi connectivity index (χ1v) is 4.54. The van der Waals surface area contributed by atoms with E-state index in [0.29, 0.717) is 0 Å². The van der Waals surface area contributed by atoms with Crippen molar-refractivity contribution in [3.05, 3.63) is 40.3 Å². The van der Waals surface area contributed by atoms with E-state index in [4.69, 9.17) is 0 Å². The van der Waals surface area contributed by atoms with Gasteiger partial charge in [-0.05, 0) is 29.7 Å². The van der Waals surface area contributed by atoms with Crippen molar-refractivity contribution in [2.45, 2.75) is 0 Å². The molecule has 0 radical (unpaired) electrons. The number of aromatic amines is 1. The molecule has 0 aliphatic carbocycles. The van der Waals surface area contributed by atoms with E-state index in [9.17, 15) is 0 Å². The highest BCUT2D eigenvalue weighted by Crippen LogP contribution is 2.11. The summed E-state index contributed by atoms with van der Waals surface area (Å²) in [5.41, 5.74) is 1.03. The first-order chi connectivity index (χ1) is 5.95. The third kappa shape index (κ3) is 1.62. The predicted molar refractivity (Wildman–Crippen MR) is 51.8 cm³/mol. The lowest BCUT2D eigenvalue weighted by molar-refractivity contribution is 1.08. The monoisotopic (exact) mass is 176 g/mol. The van der Waals surface area contributed by atoms with Crippen molar-refractivity contribution in [2.24, 2.45) is 0 Å². The molecule has 60 valence electrons. The number of hydrogen-bond acceptors (Lipinski definition) is 2. The standard InChI is InChI=1S/C9H8N2S/c1-2-9(12-7-1)4-3-8-5-6-10-11-8/h1-7H,(H,10,11)/b4-3-. The Morgan fingerprint density at radius 1 is 1.33 bits per heavy atom.